The molecule has 0 atom stereocenters. The molecule has 88 valence electrons. The molecule has 0 aromatic heterocycles. The Balaban J connectivity index is 2.64. The molecule has 17 heavy (non-hydrogen) atoms. The molecule has 0 saturated heterocycles. The maximum atomic E-state index is 11.2. The van der Waals surface area contributed by atoms with Gasteiger partial charge in [-0.05, 0) is 23.8 Å². The molecule has 0 amide bonds. The van der Waals surface area contributed by atoms with Crippen molar-refractivity contribution in [2.75, 3.05) is 5.73 Å². The van der Waals surface area contributed by atoms with Gasteiger partial charge in [0.15, 0.2) is 0 Å². The number of hydrogen-bond donors (Lipinski definition) is 2. The van der Waals surface area contributed by atoms with Gasteiger partial charge in [0.25, 0.3) is 10.1 Å². The van der Waals surface area contributed by atoms with E-state index in [0.29, 0.717) is 16.8 Å². The largest absolute Gasteiger partial charge is 0.399 e. The minimum Gasteiger partial charge on any atom is -0.399 e. The maximum absolute atomic E-state index is 11.2. The van der Waals surface area contributed by atoms with E-state index in [1.807, 2.05) is 0 Å². The zero-order valence-corrected chi connectivity index (χ0v) is 9.68. The third kappa shape index (κ3) is 2.46. The van der Waals surface area contributed by atoms with Crippen LogP contribution < -0.4 is 5.73 Å². The van der Waals surface area contributed by atoms with Crippen molar-refractivity contribution >= 4 is 15.8 Å². The first-order valence-electron chi connectivity index (χ1n) is 4.91. The fraction of sp³-hybridized carbons (Fsp3) is 0. The molecule has 2 aromatic carbocycles. The first-order valence-corrected chi connectivity index (χ1v) is 6.35. The van der Waals surface area contributed by atoms with Crippen LogP contribution in [-0.4, -0.2) is 13.0 Å². The lowest BCUT2D eigenvalue weighted by Gasteiger charge is -2.07. The summed E-state index contributed by atoms with van der Waals surface area (Å²) in [5, 5.41) is 0. The lowest BCUT2D eigenvalue weighted by atomic mass is 10.1. The van der Waals surface area contributed by atoms with Gasteiger partial charge in [-0.15, -0.1) is 0 Å². The van der Waals surface area contributed by atoms with Crippen LogP contribution in [0.15, 0.2) is 53.4 Å². The molecular weight excluding hydrogens is 238 g/mol. The molecule has 0 bridgehead atoms. The van der Waals surface area contributed by atoms with Crippen LogP contribution >= 0.6 is 0 Å². The van der Waals surface area contributed by atoms with E-state index in [4.69, 9.17) is 10.3 Å². The fourth-order valence-corrected chi connectivity index (χ4v) is 2.31. The van der Waals surface area contributed by atoms with Gasteiger partial charge in [-0.1, -0.05) is 30.3 Å². The average molecular weight is 249 g/mol. The first-order chi connectivity index (χ1) is 7.98. The van der Waals surface area contributed by atoms with Crippen molar-refractivity contribution in [1.29, 1.82) is 0 Å². The smallest absolute Gasteiger partial charge is 0.295 e. The molecule has 0 fully saturated rings. The van der Waals surface area contributed by atoms with Crippen LogP contribution in [0, 0.1) is 0 Å². The van der Waals surface area contributed by atoms with Crippen LogP contribution in [0.3, 0.4) is 0 Å². The van der Waals surface area contributed by atoms with Crippen molar-refractivity contribution in [3.8, 4) is 11.1 Å². The number of anilines is 1. The molecule has 5 heteroatoms. The van der Waals surface area contributed by atoms with Gasteiger partial charge in [-0.2, -0.15) is 8.42 Å². The number of nitrogens with two attached hydrogens (primary N) is 1. The molecule has 2 rings (SSSR count). The van der Waals surface area contributed by atoms with Gasteiger partial charge in [0.1, 0.15) is 4.90 Å². The quantitative estimate of drug-likeness (QED) is 0.631. The average Bonchev–Trinajstić information content (AvgIpc) is 2.29. The lowest BCUT2D eigenvalue weighted by Crippen LogP contribution is -2.00. The molecule has 0 radical (unpaired) electrons. The topological polar surface area (TPSA) is 80.4 Å². The third-order valence-corrected chi connectivity index (χ3v) is 3.30. The molecule has 0 heterocycles. The second-order valence-electron chi connectivity index (χ2n) is 3.59. The molecule has 0 spiro atoms. The van der Waals surface area contributed by atoms with Gasteiger partial charge in [0.2, 0.25) is 0 Å². The second-order valence-corrected chi connectivity index (χ2v) is 4.98. The van der Waals surface area contributed by atoms with E-state index in [0.717, 1.165) is 0 Å². The Kier molecular flexibility index (Phi) is 2.87. The zero-order chi connectivity index (χ0) is 12.5. The fourth-order valence-electron chi connectivity index (χ4n) is 1.59. The Bertz CT molecular complexity index is 633. The van der Waals surface area contributed by atoms with Crippen molar-refractivity contribution in [2.45, 2.75) is 4.90 Å². The van der Waals surface area contributed by atoms with Gasteiger partial charge in [-0.3, -0.25) is 4.55 Å². The van der Waals surface area contributed by atoms with Crippen molar-refractivity contribution in [1.82, 2.24) is 0 Å². The van der Waals surface area contributed by atoms with Crippen LogP contribution in [-0.2, 0) is 10.1 Å². The second kappa shape index (κ2) is 4.20. The predicted molar refractivity (Wildman–Crippen MR) is 66.1 cm³/mol. The van der Waals surface area contributed by atoms with Crippen LogP contribution in [0.1, 0.15) is 0 Å². The molecule has 4 nitrogen and oxygen atoms in total. The summed E-state index contributed by atoms with van der Waals surface area (Å²) in [6, 6.07) is 13.0. The van der Waals surface area contributed by atoms with E-state index in [9.17, 15) is 8.42 Å². The van der Waals surface area contributed by atoms with Crippen LogP contribution in [0.4, 0.5) is 5.69 Å². The summed E-state index contributed by atoms with van der Waals surface area (Å²) in [6.45, 7) is 0. The standard InChI is InChI=1S/C12H11NO3S/c13-10-7-5-9(6-8-10)11-3-1-2-4-12(11)17(14,15)16/h1-8H,13H2,(H,14,15,16). The Hall–Kier alpha value is -1.85. The normalized spacial score (nSPS) is 11.4. The monoisotopic (exact) mass is 249 g/mol. The summed E-state index contributed by atoms with van der Waals surface area (Å²) in [5.41, 5.74) is 7.30. The molecule has 0 saturated carbocycles. The summed E-state index contributed by atoms with van der Waals surface area (Å²) < 4.78 is 31.6. The highest BCUT2D eigenvalue weighted by Crippen LogP contribution is 2.27. The highest BCUT2D eigenvalue weighted by atomic mass is 32.2. The SMILES string of the molecule is Nc1ccc(-c2ccccc2S(=O)(=O)O)cc1. The van der Waals surface area contributed by atoms with E-state index in [-0.39, 0.29) is 4.90 Å². The highest BCUT2D eigenvalue weighted by Gasteiger charge is 2.15. The van der Waals surface area contributed by atoms with Gasteiger partial charge < -0.3 is 5.73 Å². The van der Waals surface area contributed by atoms with Crippen LogP contribution in [0.25, 0.3) is 11.1 Å². The van der Waals surface area contributed by atoms with E-state index >= 15 is 0 Å². The van der Waals surface area contributed by atoms with Crippen molar-refractivity contribution < 1.29 is 13.0 Å². The number of rotatable bonds is 2. The summed E-state index contributed by atoms with van der Waals surface area (Å²) >= 11 is 0. The Morgan fingerprint density at radius 3 is 2.12 bits per heavy atom. The van der Waals surface area contributed by atoms with Gasteiger partial charge >= 0.3 is 0 Å². The van der Waals surface area contributed by atoms with Crippen LogP contribution in [0.5, 0.6) is 0 Å². The number of benzene rings is 2. The molecular formula is C12H11NO3S. The first kappa shape index (κ1) is 11.6. The molecule has 0 aliphatic carbocycles. The van der Waals surface area contributed by atoms with Gasteiger partial charge in [-0.25, -0.2) is 0 Å². The Labute approximate surface area is 99.5 Å². The minimum absolute atomic E-state index is 0.107. The summed E-state index contributed by atoms with van der Waals surface area (Å²) in [7, 11) is -4.22. The Morgan fingerprint density at radius 1 is 0.941 bits per heavy atom. The molecule has 3 N–H and O–H groups in total. The minimum atomic E-state index is -4.22. The van der Waals surface area contributed by atoms with E-state index in [2.05, 4.69) is 0 Å². The summed E-state index contributed by atoms with van der Waals surface area (Å²) in [4.78, 5) is -0.107. The highest BCUT2D eigenvalue weighted by molar-refractivity contribution is 7.86. The zero-order valence-electron chi connectivity index (χ0n) is 8.87. The van der Waals surface area contributed by atoms with Gasteiger partial charge in [0, 0.05) is 11.3 Å². The van der Waals surface area contributed by atoms with Crippen LogP contribution in [0.2, 0.25) is 0 Å². The third-order valence-electron chi connectivity index (χ3n) is 2.39. The summed E-state index contributed by atoms with van der Waals surface area (Å²) in [5.74, 6) is 0. The van der Waals surface area contributed by atoms with E-state index in [1.165, 1.54) is 6.07 Å². The number of hydrogen-bond acceptors (Lipinski definition) is 3. The molecule has 0 unspecified atom stereocenters. The molecule has 0 aliphatic heterocycles. The van der Waals surface area contributed by atoms with Crippen molar-refractivity contribution in [2.24, 2.45) is 0 Å². The molecule has 0 aliphatic rings. The molecule has 2 aromatic rings. The van der Waals surface area contributed by atoms with Crippen molar-refractivity contribution in [3.63, 3.8) is 0 Å². The predicted octanol–water partition coefficient (Wildman–Crippen LogP) is 2.18. The van der Waals surface area contributed by atoms with E-state index in [1.54, 1.807) is 42.5 Å². The van der Waals surface area contributed by atoms with Gasteiger partial charge in [0.05, 0.1) is 0 Å². The van der Waals surface area contributed by atoms with E-state index < -0.39 is 10.1 Å². The lowest BCUT2D eigenvalue weighted by molar-refractivity contribution is 0.483. The van der Waals surface area contributed by atoms with Crippen molar-refractivity contribution in [3.05, 3.63) is 48.5 Å². The Morgan fingerprint density at radius 2 is 1.53 bits per heavy atom. The number of nitrogen functional groups attached to an aromatic ring is 1. The summed E-state index contributed by atoms with van der Waals surface area (Å²) in [6.07, 6.45) is 0. The maximum Gasteiger partial charge on any atom is 0.295 e.